The fraction of sp³-hybridized carbons (Fsp3) is 0.154. The molecule has 0 aliphatic carbocycles. The average Bonchev–Trinajstić information content (AvgIpc) is 3.24. The Morgan fingerprint density at radius 1 is 1.03 bits per heavy atom. The van der Waals surface area contributed by atoms with Gasteiger partial charge >= 0.3 is 5.97 Å². The molecule has 1 aromatic heterocycles. The summed E-state index contributed by atoms with van der Waals surface area (Å²) in [6, 6.07) is 23.4. The van der Waals surface area contributed by atoms with Crippen molar-refractivity contribution in [1.82, 2.24) is 9.78 Å². The van der Waals surface area contributed by atoms with Gasteiger partial charge in [-0.15, -0.1) is 0 Å². The number of rotatable bonds is 7. The molecule has 0 spiro atoms. The van der Waals surface area contributed by atoms with Crippen LogP contribution in [0.5, 0.6) is 5.75 Å². The lowest BCUT2D eigenvalue weighted by Gasteiger charge is -2.13. The van der Waals surface area contributed by atoms with E-state index >= 15 is 0 Å². The first-order chi connectivity index (χ1) is 15.4. The minimum absolute atomic E-state index is 0.154. The van der Waals surface area contributed by atoms with Gasteiger partial charge in [-0.2, -0.15) is 5.10 Å². The lowest BCUT2D eigenvalue weighted by Crippen LogP contribution is -2.09. The van der Waals surface area contributed by atoms with Crippen LogP contribution >= 0.6 is 0 Å². The van der Waals surface area contributed by atoms with E-state index in [0.29, 0.717) is 11.3 Å². The van der Waals surface area contributed by atoms with Crippen molar-refractivity contribution in [3.05, 3.63) is 102 Å². The number of hydrogen-bond donors (Lipinski definition) is 1. The third-order valence-electron chi connectivity index (χ3n) is 5.40. The highest BCUT2D eigenvalue weighted by atomic mass is 19.1. The molecule has 0 bridgehead atoms. The SMILES string of the molecule is COc1ccc(-n2nc(C(CC(=O)O)c3ccc(F)cc3)cc2-c2ccc(C)cc2)cc1. The van der Waals surface area contributed by atoms with Crippen molar-refractivity contribution in [3.63, 3.8) is 0 Å². The van der Waals surface area contributed by atoms with Crippen molar-refractivity contribution in [1.29, 1.82) is 0 Å². The van der Waals surface area contributed by atoms with E-state index in [2.05, 4.69) is 0 Å². The van der Waals surface area contributed by atoms with Crippen LogP contribution in [0.1, 0.15) is 29.2 Å². The highest BCUT2D eigenvalue weighted by molar-refractivity contribution is 5.70. The summed E-state index contributed by atoms with van der Waals surface area (Å²) in [4.78, 5) is 11.6. The van der Waals surface area contributed by atoms with Crippen molar-refractivity contribution in [2.75, 3.05) is 7.11 Å². The Morgan fingerprint density at radius 2 is 1.69 bits per heavy atom. The van der Waals surface area contributed by atoms with Gasteiger partial charge in [0.05, 0.1) is 30.6 Å². The minimum atomic E-state index is -0.949. The first-order valence-electron chi connectivity index (χ1n) is 10.2. The molecule has 0 saturated heterocycles. The number of nitrogens with zero attached hydrogens (tertiary/aromatic N) is 2. The van der Waals surface area contributed by atoms with Gasteiger partial charge in [0.1, 0.15) is 11.6 Å². The molecular formula is C26H23FN2O3. The predicted molar refractivity (Wildman–Crippen MR) is 121 cm³/mol. The molecule has 0 radical (unpaired) electrons. The number of carboxylic acid groups (broad SMARTS) is 1. The summed E-state index contributed by atoms with van der Waals surface area (Å²) in [5, 5.41) is 14.3. The van der Waals surface area contributed by atoms with Gasteiger partial charge < -0.3 is 9.84 Å². The minimum Gasteiger partial charge on any atom is -0.497 e. The molecule has 0 fully saturated rings. The number of methoxy groups -OCH3 is 1. The first-order valence-corrected chi connectivity index (χ1v) is 10.2. The molecule has 4 aromatic rings. The summed E-state index contributed by atoms with van der Waals surface area (Å²) in [7, 11) is 1.61. The Balaban J connectivity index is 1.86. The van der Waals surface area contributed by atoms with E-state index in [-0.39, 0.29) is 12.2 Å². The molecule has 0 aliphatic heterocycles. The zero-order chi connectivity index (χ0) is 22.7. The second-order valence-electron chi connectivity index (χ2n) is 7.63. The van der Waals surface area contributed by atoms with E-state index in [1.54, 1.807) is 23.9 Å². The molecule has 4 rings (SSSR count). The van der Waals surface area contributed by atoms with Crippen molar-refractivity contribution < 1.29 is 19.0 Å². The number of hydrogen-bond acceptors (Lipinski definition) is 3. The molecule has 0 saturated carbocycles. The molecule has 0 amide bonds. The van der Waals surface area contributed by atoms with Crippen LogP contribution in [0.2, 0.25) is 0 Å². The van der Waals surface area contributed by atoms with E-state index in [0.717, 1.165) is 28.3 Å². The quantitative estimate of drug-likeness (QED) is 0.414. The number of carbonyl (C=O) groups is 1. The fourth-order valence-corrected chi connectivity index (χ4v) is 3.68. The smallest absolute Gasteiger partial charge is 0.304 e. The molecule has 32 heavy (non-hydrogen) atoms. The molecule has 6 heteroatoms. The molecule has 1 atom stereocenters. The third kappa shape index (κ3) is 4.54. The van der Waals surface area contributed by atoms with Crippen LogP contribution in [0, 0.1) is 12.7 Å². The van der Waals surface area contributed by atoms with Gasteiger partial charge in [-0.1, -0.05) is 42.0 Å². The number of carboxylic acids is 1. The van der Waals surface area contributed by atoms with E-state index in [9.17, 15) is 14.3 Å². The third-order valence-corrected chi connectivity index (χ3v) is 5.40. The van der Waals surface area contributed by atoms with Crippen molar-refractivity contribution in [2.45, 2.75) is 19.3 Å². The molecule has 1 heterocycles. The summed E-state index contributed by atoms with van der Waals surface area (Å²) < 4.78 is 20.5. The molecule has 3 aromatic carbocycles. The number of aliphatic carboxylic acids is 1. The normalized spacial score (nSPS) is 11.8. The number of halogens is 1. The van der Waals surface area contributed by atoms with Crippen LogP contribution < -0.4 is 4.74 Å². The number of ether oxygens (including phenoxy) is 1. The molecular weight excluding hydrogens is 407 g/mol. The second-order valence-corrected chi connectivity index (χ2v) is 7.63. The topological polar surface area (TPSA) is 64.4 Å². The molecule has 1 unspecified atom stereocenters. The second kappa shape index (κ2) is 9.06. The summed E-state index contributed by atoms with van der Waals surface area (Å²) in [6.45, 7) is 2.02. The fourth-order valence-electron chi connectivity index (χ4n) is 3.68. The standard InChI is InChI=1S/C26H23FN2O3/c1-17-3-5-19(6-4-17)25-16-24(28-29(25)21-11-13-22(32-2)14-12-21)23(15-26(30)31)18-7-9-20(27)10-8-18/h3-14,16,23H,15H2,1-2H3,(H,30,31). The van der Waals surface area contributed by atoms with Crippen LogP contribution in [0.15, 0.2) is 78.9 Å². The molecule has 1 N–H and O–H groups in total. The van der Waals surface area contributed by atoms with Crippen LogP contribution in [0.25, 0.3) is 16.9 Å². The zero-order valence-corrected chi connectivity index (χ0v) is 17.8. The maximum Gasteiger partial charge on any atom is 0.304 e. The lowest BCUT2D eigenvalue weighted by molar-refractivity contribution is -0.137. The van der Waals surface area contributed by atoms with Gasteiger partial charge in [0.2, 0.25) is 0 Å². The Labute approximate surface area is 185 Å². The Bertz CT molecular complexity index is 1210. The van der Waals surface area contributed by atoms with Gasteiger partial charge in [0, 0.05) is 11.5 Å². The van der Waals surface area contributed by atoms with Crippen LogP contribution in [0.3, 0.4) is 0 Å². The Kier molecular flexibility index (Phi) is 6.03. The number of aromatic nitrogens is 2. The summed E-state index contributed by atoms with van der Waals surface area (Å²) in [5.74, 6) is -1.10. The maximum atomic E-state index is 13.5. The average molecular weight is 430 g/mol. The predicted octanol–water partition coefficient (Wildman–Crippen LogP) is 5.60. The van der Waals surface area contributed by atoms with E-state index in [1.807, 2.05) is 61.5 Å². The van der Waals surface area contributed by atoms with E-state index in [4.69, 9.17) is 9.84 Å². The number of aryl methyl sites for hydroxylation is 1. The van der Waals surface area contributed by atoms with Crippen LogP contribution in [-0.2, 0) is 4.79 Å². The van der Waals surface area contributed by atoms with Crippen molar-refractivity contribution in [2.24, 2.45) is 0 Å². The number of benzene rings is 3. The molecule has 0 aliphatic rings. The molecule has 162 valence electrons. The van der Waals surface area contributed by atoms with Gasteiger partial charge in [0.25, 0.3) is 0 Å². The summed E-state index contributed by atoms with van der Waals surface area (Å²) in [5.41, 5.74) is 5.05. The van der Waals surface area contributed by atoms with Crippen LogP contribution in [-0.4, -0.2) is 28.0 Å². The van der Waals surface area contributed by atoms with Gasteiger partial charge in [-0.05, 0) is 55.0 Å². The van der Waals surface area contributed by atoms with Crippen molar-refractivity contribution in [3.8, 4) is 22.7 Å². The largest absolute Gasteiger partial charge is 0.497 e. The van der Waals surface area contributed by atoms with Crippen molar-refractivity contribution >= 4 is 5.97 Å². The highest BCUT2D eigenvalue weighted by Crippen LogP contribution is 2.33. The summed E-state index contributed by atoms with van der Waals surface area (Å²) >= 11 is 0. The summed E-state index contributed by atoms with van der Waals surface area (Å²) in [6.07, 6.45) is -0.154. The lowest BCUT2D eigenvalue weighted by atomic mass is 9.92. The Hall–Kier alpha value is -3.93. The van der Waals surface area contributed by atoms with Gasteiger partial charge in [-0.3, -0.25) is 4.79 Å². The first kappa shape index (κ1) is 21.3. The van der Waals surface area contributed by atoms with E-state index in [1.165, 1.54) is 12.1 Å². The Morgan fingerprint density at radius 3 is 2.28 bits per heavy atom. The zero-order valence-electron chi connectivity index (χ0n) is 17.8. The van der Waals surface area contributed by atoms with Gasteiger partial charge in [-0.25, -0.2) is 9.07 Å². The highest BCUT2D eigenvalue weighted by Gasteiger charge is 2.23. The molecule has 5 nitrogen and oxygen atoms in total. The maximum absolute atomic E-state index is 13.5. The van der Waals surface area contributed by atoms with Crippen LogP contribution in [0.4, 0.5) is 4.39 Å². The monoisotopic (exact) mass is 430 g/mol. The van der Waals surface area contributed by atoms with E-state index < -0.39 is 11.9 Å². The van der Waals surface area contributed by atoms with Gasteiger partial charge in [0.15, 0.2) is 0 Å².